The van der Waals surface area contributed by atoms with Crippen LogP contribution in [-0.4, -0.2) is 60.0 Å². The minimum atomic E-state index is 0.143. The molecule has 0 N–H and O–H groups in total. The Morgan fingerprint density at radius 1 is 0.963 bits per heavy atom. The highest BCUT2D eigenvalue weighted by atomic mass is 16.2. The molecule has 1 aromatic carbocycles. The quantitative estimate of drug-likeness (QED) is 0.816. The minimum Gasteiger partial charge on any atom is -0.363 e. The van der Waals surface area contributed by atoms with Gasteiger partial charge in [0.25, 0.3) is 5.91 Å². The summed E-state index contributed by atoms with van der Waals surface area (Å²) in [5, 5.41) is 0. The first-order valence-corrected chi connectivity index (χ1v) is 9.75. The largest absolute Gasteiger partial charge is 0.363 e. The van der Waals surface area contributed by atoms with Crippen LogP contribution in [0.2, 0.25) is 0 Å². The number of carbonyl (C=O) groups is 1. The third-order valence-corrected chi connectivity index (χ3v) is 5.47. The van der Waals surface area contributed by atoms with Gasteiger partial charge in [-0.1, -0.05) is 18.2 Å². The number of piperidine rings is 1. The fourth-order valence-corrected chi connectivity index (χ4v) is 3.86. The molecule has 1 saturated carbocycles. The lowest BCUT2D eigenvalue weighted by atomic mass is 10.0. The van der Waals surface area contributed by atoms with E-state index in [9.17, 15) is 4.79 Å². The number of carbonyl (C=O) groups excluding carboxylic acids is 1. The Morgan fingerprint density at radius 2 is 1.59 bits per heavy atom. The molecule has 1 amide bonds. The Hall–Kier alpha value is -2.63. The Labute approximate surface area is 160 Å². The molecule has 6 nitrogen and oxygen atoms in total. The summed E-state index contributed by atoms with van der Waals surface area (Å²) in [6, 6.07) is 12.7. The zero-order chi connectivity index (χ0) is 18.8. The maximum Gasteiger partial charge on any atom is 0.253 e. The summed E-state index contributed by atoms with van der Waals surface area (Å²) in [6.45, 7) is 1.60. The minimum absolute atomic E-state index is 0.143. The molecular weight excluding hydrogens is 338 g/mol. The van der Waals surface area contributed by atoms with Gasteiger partial charge in [-0.3, -0.25) is 4.79 Å². The second kappa shape index (κ2) is 7.55. The van der Waals surface area contributed by atoms with Gasteiger partial charge >= 0.3 is 0 Å². The summed E-state index contributed by atoms with van der Waals surface area (Å²) in [6.07, 6.45) is 6.08. The summed E-state index contributed by atoms with van der Waals surface area (Å²) in [7, 11) is 4.00. The van der Waals surface area contributed by atoms with Crippen molar-refractivity contribution in [1.29, 1.82) is 0 Å². The lowest BCUT2D eigenvalue weighted by Crippen LogP contribution is -2.48. The van der Waals surface area contributed by atoms with Crippen molar-refractivity contribution in [3.05, 3.63) is 48.3 Å². The predicted octanol–water partition coefficient (Wildman–Crippen LogP) is 2.82. The van der Waals surface area contributed by atoms with E-state index in [4.69, 9.17) is 0 Å². The van der Waals surface area contributed by atoms with Crippen molar-refractivity contribution >= 4 is 17.5 Å². The van der Waals surface area contributed by atoms with Crippen molar-refractivity contribution in [2.24, 2.45) is 0 Å². The molecule has 2 fully saturated rings. The van der Waals surface area contributed by atoms with Gasteiger partial charge in [-0.05, 0) is 37.8 Å². The lowest BCUT2D eigenvalue weighted by molar-refractivity contribution is 0.0712. The molecule has 2 aliphatic rings. The number of nitrogens with zero attached hydrogens (tertiary/aromatic N) is 5. The monoisotopic (exact) mass is 365 g/mol. The molecule has 0 radical (unpaired) electrons. The molecule has 4 rings (SSSR count). The van der Waals surface area contributed by atoms with Gasteiger partial charge in [0.2, 0.25) is 0 Å². The van der Waals surface area contributed by atoms with Gasteiger partial charge in [0.15, 0.2) is 0 Å². The highest BCUT2D eigenvalue weighted by Gasteiger charge is 2.37. The summed E-state index contributed by atoms with van der Waals surface area (Å²) in [5.74, 6) is 2.09. The van der Waals surface area contributed by atoms with Crippen LogP contribution >= 0.6 is 0 Å². The highest BCUT2D eigenvalue weighted by Crippen LogP contribution is 2.36. The SMILES string of the molecule is CN(C)c1cc(N(C2CC2)C2CCN(C(=O)c3ccccc3)CC2)ncn1. The molecule has 1 aliphatic heterocycles. The summed E-state index contributed by atoms with van der Waals surface area (Å²) >= 11 is 0. The molecule has 1 aliphatic carbocycles. The van der Waals surface area contributed by atoms with Crippen molar-refractivity contribution in [3.8, 4) is 0 Å². The Morgan fingerprint density at radius 3 is 2.22 bits per heavy atom. The van der Waals surface area contributed by atoms with Crippen molar-refractivity contribution in [3.63, 3.8) is 0 Å². The lowest BCUT2D eigenvalue weighted by Gasteiger charge is -2.39. The van der Waals surface area contributed by atoms with E-state index in [0.29, 0.717) is 12.1 Å². The van der Waals surface area contributed by atoms with E-state index < -0.39 is 0 Å². The van der Waals surface area contributed by atoms with Gasteiger partial charge in [-0.25, -0.2) is 9.97 Å². The van der Waals surface area contributed by atoms with Crippen LogP contribution in [0.4, 0.5) is 11.6 Å². The van der Waals surface area contributed by atoms with Crippen LogP contribution in [0.25, 0.3) is 0 Å². The predicted molar refractivity (Wildman–Crippen MR) is 107 cm³/mol. The zero-order valence-corrected chi connectivity index (χ0v) is 16.1. The number of hydrogen-bond donors (Lipinski definition) is 0. The molecule has 6 heteroatoms. The van der Waals surface area contributed by atoms with Crippen molar-refractivity contribution in [1.82, 2.24) is 14.9 Å². The van der Waals surface area contributed by atoms with Gasteiger partial charge in [0.1, 0.15) is 18.0 Å². The van der Waals surface area contributed by atoms with Crippen LogP contribution in [0, 0.1) is 0 Å². The Balaban J connectivity index is 1.46. The summed E-state index contributed by atoms with van der Waals surface area (Å²) < 4.78 is 0. The smallest absolute Gasteiger partial charge is 0.253 e. The van der Waals surface area contributed by atoms with E-state index in [1.54, 1.807) is 6.33 Å². The van der Waals surface area contributed by atoms with Crippen LogP contribution in [0.3, 0.4) is 0 Å². The topological polar surface area (TPSA) is 52.6 Å². The average molecular weight is 365 g/mol. The van der Waals surface area contributed by atoms with E-state index in [0.717, 1.165) is 43.1 Å². The molecule has 27 heavy (non-hydrogen) atoms. The molecule has 0 spiro atoms. The van der Waals surface area contributed by atoms with E-state index in [-0.39, 0.29) is 5.91 Å². The molecule has 0 atom stereocenters. The average Bonchev–Trinajstić information content (AvgIpc) is 3.54. The third-order valence-electron chi connectivity index (χ3n) is 5.47. The number of hydrogen-bond acceptors (Lipinski definition) is 5. The number of amides is 1. The van der Waals surface area contributed by atoms with Gasteiger partial charge < -0.3 is 14.7 Å². The molecule has 142 valence electrons. The number of rotatable bonds is 5. The second-order valence-corrected chi connectivity index (χ2v) is 7.66. The van der Waals surface area contributed by atoms with Crippen LogP contribution in [0.1, 0.15) is 36.0 Å². The number of benzene rings is 1. The van der Waals surface area contributed by atoms with Crippen molar-refractivity contribution in [2.45, 2.75) is 37.8 Å². The summed E-state index contributed by atoms with van der Waals surface area (Å²) in [5.41, 5.74) is 0.779. The maximum absolute atomic E-state index is 12.7. The van der Waals surface area contributed by atoms with Crippen LogP contribution < -0.4 is 9.80 Å². The van der Waals surface area contributed by atoms with Crippen LogP contribution in [0.15, 0.2) is 42.7 Å². The maximum atomic E-state index is 12.7. The number of aromatic nitrogens is 2. The molecule has 2 heterocycles. The number of likely N-dealkylation sites (tertiary alicyclic amines) is 1. The van der Waals surface area contributed by atoms with E-state index in [1.807, 2.05) is 54.2 Å². The fraction of sp³-hybridized carbons (Fsp3) is 0.476. The van der Waals surface area contributed by atoms with E-state index in [2.05, 4.69) is 20.9 Å². The fourth-order valence-electron chi connectivity index (χ4n) is 3.86. The van der Waals surface area contributed by atoms with Gasteiger partial charge in [-0.15, -0.1) is 0 Å². The molecule has 0 bridgehead atoms. The highest BCUT2D eigenvalue weighted by molar-refractivity contribution is 5.94. The standard InChI is InChI=1S/C21H27N5O/c1-24(2)19-14-20(23-15-22-19)26(17-8-9-17)18-10-12-25(13-11-18)21(27)16-6-4-3-5-7-16/h3-7,14-15,17-18H,8-13H2,1-2H3. The molecule has 0 unspecified atom stereocenters. The molecule has 2 aromatic rings. The van der Waals surface area contributed by atoms with Crippen LogP contribution in [0.5, 0.6) is 0 Å². The first kappa shape index (κ1) is 17.8. The normalized spacial score (nSPS) is 17.6. The third kappa shape index (κ3) is 3.89. The Bertz CT molecular complexity index is 782. The van der Waals surface area contributed by atoms with Gasteiger partial charge in [0.05, 0.1) is 0 Å². The molecular formula is C21H27N5O. The Kier molecular flexibility index (Phi) is 4.97. The first-order valence-electron chi connectivity index (χ1n) is 9.75. The molecule has 1 aromatic heterocycles. The number of anilines is 2. The first-order chi connectivity index (χ1) is 13.1. The second-order valence-electron chi connectivity index (χ2n) is 7.66. The molecule has 1 saturated heterocycles. The van der Waals surface area contributed by atoms with E-state index >= 15 is 0 Å². The summed E-state index contributed by atoms with van der Waals surface area (Å²) in [4.78, 5) is 28.1. The van der Waals surface area contributed by atoms with Gasteiger partial charge in [-0.2, -0.15) is 0 Å². The van der Waals surface area contributed by atoms with Crippen LogP contribution in [-0.2, 0) is 0 Å². The van der Waals surface area contributed by atoms with Crippen molar-refractivity contribution in [2.75, 3.05) is 37.0 Å². The van der Waals surface area contributed by atoms with E-state index in [1.165, 1.54) is 12.8 Å². The van der Waals surface area contributed by atoms with Crippen molar-refractivity contribution < 1.29 is 4.79 Å². The van der Waals surface area contributed by atoms with Gasteiger partial charge in [0, 0.05) is 50.9 Å². The zero-order valence-electron chi connectivity index (χ0n) is 16.1.